The molecule has 0 N–H and O–H groups in total. The first-order chi connectivity index (χ1) is 7.88. The average Bonchev–Trinajstić information content (AvgIpc) is 2.89. The Morgan fingerprint density at radius 1 is 1.31 bits per heavy atom. The zero-order chi connectivity index (χ0) is 11.0. The minimum atomic E-state index is 0.895. The number of methoxy groups -OCH3 is 1. The summed E-state index contributed by atoms with van der Waals surface area (Å²) in [4.78, 5) is 6.86. The first kappa shape index (κ1) is 9.94. The number of ether oxygens (including phenoxy) is 1. The first-order valence-electron chi connectivity index (χ1n) is 6.12. The van der Waals surface area contributed by atoms with E-state index < -0.39 is 0 Å². The van der Waals surface area contributed by atoms with Crippen LogP contribution in [0.1, 0.15) is 19.3 Å². The standard InChI is InChI=1S/C13H18N2O/c1-16-12-6-3-7-14-13(12)15-8-10-4-2-5-11(10)9-15/h3,6-7,10-11H,2,4-5,8-9H2,1H3. The number of aromatic nitrogens is 1. The summed E-state index contributed by atoms with van der Waals surface area (Å²) in [5.74, 6) is 3.72. The maximum Gasteiger partial charge on any atom is 0.171 e. The van der Waals surface area contributed by atoms with Gasteiger partial charge >= 0.3 is 0 Å². The Bertz CT molecular complexity index is 368. The molecule has 3 rings (SSSR count). The monoisotopic (exact) mass is 218 g/mol. The van der Waals surface area contributed by atoms with E-state index in [0.29, 0.717) is 0 Å². The zero-order valence-electron chi connectivity index (χ0n) is 9.72. The summed E-state index contributed by atoms with van der Waals surface area (Å²) in [5.41, 5.74) is 0. The molecular formula is C13H18N2O. The van der Waals surface area contributed by atoms with E-state index in [-0.39, 0.29) is 0 Å². The molecule has 1 saturated carbocycles. The zero-order valence-corrected chi connectivity index (χ0v) is 9.72. The topological polar surface area (TPSA) is 25.4 Å². The van der Waals surface area contributed by atoms with Gasteiger partial charge < -0.3 is 9.64 Å². The molecule has 1 aliphatic heterocycles. The van der Waals surface area contributed by atoms with Gasteiger partial charge in [0.15, 0.2) is 11.6 Å². The van der Waals surface area contributed by atoms with Crippen molar-refractivity contribution in [3.05, 3.63) is 18.3 Å². The Labute approximate surface area is 96.4 Å². The molecule has 2 aliphatic rings. The lowest BCUT2D eigenvalue weighted by Crippen LogP contribution is -2.22. The van der Waals surface area contributed by atoms with Crippen LogP contribution in [0.3, 0.4) is 0 Å². The van der Waals surface area contributed by atoms with Gasteiger partial charge in [-0.05, 0) is 36.8 Å². The fraction of sp³-hybridized carbons (Fsp3) is 0.615. The van der Waals surface area contributed by atoms with Gasteiger partial charge in [-0.15, -0.1) is 0 Å². The molecule has 0 spiro atoms. The predicted molar refractivity (Wildman–Crippen MR) is 63.8 cm³/mol. The third kappa shape index (κ3) is 1.55. The molecule has 0 bridgehead atoms. The quantitative estimate of drug-likeness (QED) is 0.761. The minimum absolute atomic E-state index is 0.895. The molecule has 86 valence electrons. The molecule has 2 unspecified atom stereocenters. The van der Waals surface area contributed by atoms with Crippen LogP contribution in [0.25, 0.3) is 0 Å². The lowest BCUT2D eigenvalue weighted by Gasteiger charge is -2.20. The summed E-state index contributed by atoms with van der Waals surface area (Å²) in [6.07, 6.45) is 6.07. The molecule has 1 aromatic heterocycles. The first-order valence-corrected chi connectivity index (χ1v) is 6.12. The van der Waals surface area contributed by atoms with Gasteiger partial charge in [0.25, 0.3) is 0 Å². The third-order valence-corrected chi connectivity index (χ3v) is 4.00. The van der Waals surface area contributed by atoms with E-state index in [2.05, 4.69) is 9.88 Å². The summed E-state index contributed by atoms with van der Waals surface area (Å²) in [6.45, 7) is 2.33. The minimum Gasteiger partial charge on any atom is -0.493 e. The number of pyridine rings is 1. The summed E-state index contributed by atoms with van der Waals surface area (Å²) < 4.78 is 5.38. The van der Waals surface area contributed by atoms with Crippen LogP contribution in [0.4, 0.5) is 5.82 Å². The molecule has 2 heterocycles. The summed E-state index contributed by atoms with van der Waals surface area (Å²) >= 11 is 0. The second-order valence-electron chi connectivity index (χ2n) is 4.89. The Kier molecular flexibility index (Phi) is 2.46. The number of anilines is 1. The van der Waals surface area contributed by atoms with E-state index in [1.165, 1.54) is 19.3 Å². The van der Waals surface area contributed by atoms with Crippen molar-refractivity contribution in [3.63, 3.8) is 0 Å². The molecule has 0 radical (unpaired) electrons. The summed E-state index contributed by atoms with van der Waals surface area (Å²) in [5, 5.41) is 0. The van der Waals surface area contributed by atoms with Gasteiger partial charge in [-0.25, -0.2) is 4.98 Å². The molecule has 2 atom stereocenters. The molecule has 0 amide bonds. The fourth-order valence-electron chi connectivity index (χ4n) is 3.19. The van der Waals surface area contributed by atoms with E-state index in [0.717, 1.165) is 36.5 Å². The number of rotatable bonds is 2. The van der Waals surface area contributed by atoms with Crippen molar-refractivity contribution < 1.29 is 4.74 Å². The lowest BCUT2D eigenvalue weighted by molar-refractivity contribution is 0.412. The van der Waals surface area contributed by atoms with Crippen molar-refractivity contribution in [2.45, 2.75) is 19.3 Å². The van der Waals surface area contributed by atoms with E-state index >= 15 is 0 Å². The number of hydrogen-bond acceptors (Lipinski definition) is 3. The molecule has 16 heavy (non-hydrogen) atoms. The lowest BCUT2D eigenvalue weighted by atomic mass is 10.0. The molecule has 1 aliphatic carbocycles. The highest BCUT2D eigenvalue weighted by atomic mass is 16.5. The largest absolute Gasteiger partial charge is 0.493 e. The Balaban J connectivity index is 1.83. The Morgan fingerprint density at radius 2 is 2.06 bits per heavy atom. The van der Waals surface area contributed by atoms with Crippen LogP contribution in [0, 0.1) is 11.8 Å². The van der Waals surface area contributed by atoms with Crippen molar-refractivity contribution in [2.24, 2.45) is 11.8 Å². The van der Waals surface area contributed by atoms with Crippen LogP contribution in [-0.2, 0) is 0 Å². The van der Waals surface area contributed by atoms with Crippen molar-refractivity contribution in [1.29, 1.82) is 0 Å². The van der Waals surface area contributed by atoms with Crippen LogP contribution < -0.4 is 9.64 Å². The smallest absolute Gasteiger partial charge is 0.171 e. The van der Waals surface area contributed by atoms with Crippen LogP contribution >= 0.6 is 0 Å². The van der Waals surface area contributed by atoms with E-state index in [1.807, 2.05) is 18.3 Å². The third-order valence-electron chi connectivity index (χ3n) is 4.00. The van der Waals surface area contributed by atoms with E-state index in [4.69, 9.17) is 4.74 Å². The SMILES string of the molecule is COc1cccnc1N1CC2CCCC2C1. The second-order valence-corrected chi connectivity index (χ2v) is 4.89. The van der Waals surface area contributed by atoms with E-state index in [9.17, 15) is 0 Å². The molecule has 1 saturated heterocycles. The van der Waals surface area contributed by atoms with Gasteiger partial charge in [0.05, 0.1) is 7.11 Å². The number of hydrogen-bond donors (Lipinski definition) is 0. The maximum absolute atomic E-state index is 5.38. The molecular weight excluding hydrogens is 200 g/mol. The highest BCUT2D eigenvalue weighted by Crippen LogP contribution is 2.40. The summed E-state index contributed by atoms with van der Waals surface area (Å²) in [7, 11) is 1.72. The van der Waals surface area contributed by atoms with Crippen LogP contribution in [0.5, 0.6) is 5.75 Å². The van der Waals surface area contributed by atoms with Gasteiger partial charge in [0, 0.05) is 19.3 Å². The van der Waals surface area contributed by atoms with Crippen molar-refractivity contribution in [1.82, 2.24) is 4.98 Å². The predicted octanol–water partition coefficient (Wildman–Crippen LogP) is 2.33. The van der Waals surface area contributed by atoms with E-state index in [1.54, 1.807) is 7.11 Å². The normalized spacial score (nSPS) is 28.2. The van der Waals surface area contributed by atoms with Gasteiger partial charge in [-0.3, -0.25) is 0 Å². The Hall–Kier alpha value is -1.25. The highest BCUT2D eigenvalue weighted by Gasteiger charge is 2.37. The highest BCUT2D eigenvalue weighted by molar-refractivity contribution is 5.53. The number of fused-ring (bicyclic) bond motifs is 1. The van der Waals surface area contributed by atoms with Crippen molar-refractivity contribution in [2.75, 3.05) is 25.1 Å². The fourth-order valence-corrected chi connectivity index (χ4v) is 3.19. The average molecular weight is 218 g/mol. The van der Waals surface area contributed by atoms with Crippen LogP contribution in [-0.4, -0.2) is 25.2 Å². The Morgan fingerprint density at radius 3 is 2.75 bits per heavy atom. The van der Waals surface area contributed by atoms with Gasteiger partial charge in [0.1, 0.15) is 0 Å². The van der Waals surface area contributed by atoms with Crippen molar-refractivity contribution in [3.8, 4) is 5.75 Å². The maximum atomic E-state index is 5.38. The molecule has 0 aromatic carbocycles. The molecule has 3 heteroatoms. The second kappa shape index (κ2) is 3.96. The van der Waals surface area contributed by atoms with Crippen LogP contribution in [0.2, 0.25) is 0 Å². The van der Waals surface area contributed by atoms with Gasteiger partial charge in [0.2, 0.25) is 0 Å². The van der Waals surface area contributed by atoms with Crippen molar-refractivity contribution >= 4 is 5.82 Å². The molecule has 2 fully saturated rings. The molecule has 1 aromatic rings. The van der Waals surface area contributed by atoms with Gasteiger partial charge in [-0.2, -0.15) is 0 Å². The van der Waals surface area contributed by atoms with Crippen LogP contribution in [0.15, 0.2) is 18.3 Å². The summed E-state index contributed by atoms with van der Waals surface area (Å²) in [6, 6.07) is 3.93. The number of nitrogens with zero attached hydrogens (tertiary/aromatic N) is 2. The molecule has 3 nitrogen and oxygen atoms in total. The van der Waals surface area contributed by atoms with Gasteiger partial charge in [-0.1, -0.05) is 6.42 Å².